The lowest BCUT2D eigenvalue weighted by atomic mass is 9.87. The Morgan fingerprint density at radius 3 is 2.43 bits per heavy atom. The number of hydrogen-bond acceptors (Lipinski definition) is 3. The van der Waals surface area contributed by atoms with E-state index in [1.807, 2.05) is 20.8 Å². The Labute approximate surface area is 134 Å². The summed E-state index contributed by atoms with van der Waals surface area (Å²) in [5, 5.41) is 2.64. The van der Waals surface area contributed by atoms with Gasteiger partial charge < -0.3 is 15.8 Å². The van der Waals surface area contributed by atoms with Crippen LogP contribution in [-0.2, 0) is 11.3 Å². The van der Waals surface area contributed by atoms with Gasteiger partial charge in [0.1, 0.15) is 5.75 Å². The summed E-state index contributed by atoms with van der Waals surface area (Å²) in [5.41, 5.74) is 6.67. The Balaban J connectivity index is 2.78. The van der Waals surface area contributed by atoms with E-state index in [0.29, 0.717) is 5.56 Å². The lowest BCUT2D eigenvalue weighted by molar-refractivity contribution is -0.153. The lowest BCUT2D eigenvalue weighted by Crippen LogP contribution is -2.48. The minimum Gasteiger partial charge on any atom is -0.484 e. The Kier molecular flexibility index (Phi) is 6.04. The topological polar surface area (TPSA) is 64.4 Å². The number of carbonyl (C=O) groups excluding carboxylic acids is 1. The molecule has 7 heteroatoms. The second-order valence-corrected chi connectivity index (χ2v) is 6.58. The van der Waals surface area contributed by atoms with Crippen molar-refractivity contribution < 1.29 is 22.7 Å². The molecule has 0 saturated carbocycles. The smallest absolute Gasteiger partial charge is 0.422 e. The highest BCUT2D eigenvalue weighted by Gasteiger charge is 2.29. The van der Waals surface area contributed by atoms with Gasteiger partial charge in [0.2, 0.25) is 5.91 Å². The molecule has 0 heterocycles. The highest BCUT2D eigenvalue weighted by Crippen LogP contribution is 2.24. The van der Waals surface area contributed by atoms with Crippen molar-refractivity contribution in [2.24, 2.45) is 11.1 Å². The second-order valence-electron chi connectivity index (χ2n) is 6.58. The Bertz CT molecular complexity index is 551. The normalized spacial score (nSPS) is 13.6. The molecule has 1 atom stereocenters. The van der Waals surface area contributed by atoms with Crippen molar-refractivity contribution in [3.63, 3.8) is 0 Å². The molecule has 23 heavy (non-hydrogen) atoms. The number of hydrogen-bond donors (Lipinski definition) is 2. The maximum Gasteiger partial charge on any atom is 0.422 e. The average molecular weight is 332 g/mol. The molecule has 0 fully saturated rings. The third kappa shape index (κ3) is 6.48. The summed E-state index contributed by atoms with van der Waals surface area (Å²) in [7, 11) is 0. The predicted molar refractivity (Wildman–Crippen MR) is 82.0 cm³/mol. The van der Waals surface area contributed by atoms with Crippen molar-refractivity contribution in [2.45, 2.75) is 46.5 Å². The first-order chi connectivity index (χ1) is 10.4. The molecule has 0 aromatic heterocycles. The fraction of sp³-hybridized carbons (Fsp3) is 0.562. The van der Waals surface area contributed by atoms with Crippen LogP contribution in [0.4, 0.5) is 13.2 Å². The van der Waals surface area contributed by atoms with Gasteiger partial charge in [0.15, 0.2) is 6.61 Å². The number of alkyl halides is 3. The Hall–Kier alpha value is -1.76. The van der Waals surface area contributed by atoms with Crippen LogP contribution < -0.4 is 15.8 Å². The monoisotopic (exact) mass is 332 g/mol. The van der Waals surface area contributed by atoms with E-state index in [0.717, 1.165) is 5.56 Å². The third-order valence-electron chi connectivity index (χ3n) is 3.28. The van der Waals surface area contributed by atoms with E-state index >= 15 is 0 Å². The Morgan fingerprint density at radius 1 is 1.30 bits per heavy atom. The van der Waals surface area contributed by atoms with Crippen molar-refractivity contribution in [2.75, 3.05) is 6.61 Å². The van der Waals surface area contributed by atoms with E-state index < -0.39 is 24.2 Å². The van der Waals surface area contributed by atoms with Gasteiger partial charge in [0.05, 0.1) is 6.04 Å². The van der Waals surface area contributed by atoms with Crippen LogP contribution >= 0.6 is 0 Å². The Morgan fingerprint density at radius 2 is 1.91 bits per heavy atom. The maximum atomic E-state index is 12.3. The summed E-state index contributed by atoms with van der Waals surface area (Å²) < 4.78 is 41.8. The van der Waals surface area contributed by atoms with E-state index in [-0.39, 0.29) is 18.2 Å². The first kappa shape index (κ1) is 19.3. The van der Waals surface area contributed by atoms with Gasteiger partial charge in [0, 0.05) is 12.1 Å². The van der Waals surface area contributed by atoms with E-state index in [9.17, 15) is 18.0 Å². The summed E-state index contributed by atoms with van der Waals surface area (Å²) in [6, 6.07) is 4.17. The fourth-order valence-electron chi connectivity index (χ4n) is 1.79. The van der Waals surface area contributed by atoms with Crippen LogP contribution in [0.3, 0.4) is 0 Å². The van der Waals surface area contributed by atoms with Gasteiger partial charge in [-0.3, -0.25) is 4.79 Å². The van der Waals surface area contributed by atoms with Crippen LogP contribution in [0, 0.1) is 12.3 Å². The molecule has 0 aliphatic carbocycles. The summed E-state index contributed by atoms with van der Waals surface area (Å²) >= 11 is 0. The van der Waals surface area contributed by atoms with Crippen LogP contribution in [0.2, 0.25) is 0 Å². The van der Waals surface area contributed by atoms with Crippen LogP contribution in [-0.4, -0.2) is 24.7 Å². The van der Waals surface area contributed by atoms with Gasteiger partial charge >= 0.3 is 6.18 Å². The van der Waals surface area contributed by atoms with Gasteiger partial charge in [-0.1, -0.05) is 32.9 Å². The van der Waals surface area contributed by atoms with E-state index in [2.05, 4.69) is 5.32 Å². The molecule has 4 nitrogen and oxygen atoms in total. The first-order valence-electron chi connectivity index (χ1n) is 7.22. The van der Waals surface area contributed by atoms with Gasteiger partial charge in [-0.05, 0) is 24.0 Å². The maximum absolute atomic E-state index is 12.3. The third-order valence-corrected chi connectivity index (χ3v) is 3.28. The molecule has 0 unspecified atom stereocenters. The minimum atomic E-state index is -4.42. The second kappa shape index (κ2) is 7.21. The highest BCUT2D eigenvalue weighted by molar-refractivity contribution is 5.82. The highest BCUT2D eigenvalue weighted by atomic mass is 19.4. The molecule has 0 aliphatic rings. The van der Waals surface area contributed by atoms with Crippen LogP contribution in [0.5, 0.6) is 5.75 Å². The van der Waals surface area contributed by atoms with E-state index in [4.69, 9.17) is 10.5 Å². The molecule has 1 amide bonds. The average Bonchev–Trinajstić information content (AvgIpc) is 2.41. The molecule has 0 spiro atoms. The number of amides is 1. The molecule has 1 rings (SSSR count). The molecule has 3 N–H and O–H groups in total. The van der Waals surface area contributed by atoms with Crippen molar-refractivity contribution in [3.05, 3.63) is 29.3 Å². The molecule has 0 bridgehead atoms. The first-order valence-corrected chi connectivity index (χ1v) is 7.22. The van der Waals surface area contributed by atoms with Gasteiger partial charge in [-0.15, -0.1) is 0 Å². The standard InChI is InChI=1S/C16H23F3N2O2/c1-10-5-6-11(12(7-10)23-9-16(17,18)19)8-21-14(22)13(20)15(2,3)4/h5-7,13H,8-9,20H2,1-4H3,(H,21,22)/t13-/m1/s1. The lowest BCUT2D eigenvalue weighted by Gasteiger charge is -2.26. The molecule has 0 saturated heterocycles. The van der Waals surface area contributed by atoms with E-state index in [1.165, 1.54) is 6.07 Å². The molecule has 0 radical (unpaired) electrons. The van der Waals surface area contributed by atoms with Crippen LogP contribution in [0.1, 0.15) is 31.9 Å². The fourth-order valence-corrected chi connectivity index (χ4v) is 1.79. The predicted octanol–water partition coefficient (Wildman–Crippen LogP) is 2.93. The number of halogens is 3. The van der Waals surface area contributed by atoms with Crippen molar-refractivity contribution in [1.82, 2.24) is 5.32 Å². The van der Waals surface area contributed by atoms with Gasteiger partial charge in [0.25, 0.3) is 0 Å². The number of carbonyl (C=O) groups is 1. The molecular weight excluding hydrogens is 309 g/mol. The zero-order chi connectivity index (χ0) is 17.8. The van der Waals surface area contributed by atoms with Crippen LogP contribution in [0.15, 0.2) is 18.2 Å². The summed E-state index contributed by atoms with van der Waals surface area (Å²) in [6.07, 6.45) is -4.42. The quantitative estimate of drug-likeness (QED) is 0.871. The number of ether oxygens (including phenoxy) is 1. The van der Waals surface area contributed by atoms with E-state index in [1.54, 1.807) is 19.1 Å². The zero-order valence-electron chi connectivity index (χ0n) is 13.8. The summed E-state index contributed by atoms with van der Waals surface area (Å²) in [6.45, 7) is 5.93. The molecule has 1 aromatic carbocycles. The van der Waals surface area contributed by atoms with Crippen molar-refractivity contribution in [1.29, 1.82) is 0 Å². The van der Waals surface area contributed by atoms with Gasteiger partial charge in [-0.25, -0.2) is 0 Å². The van der Waals surface area contributed by atoms with Crippen LogP contribution in [0.25, 0.3) is 0 Å². The van der Waals surface area contributed by atoms with Gasteiger partial charge in [-0.2, -0.15) is 13.2 Å². The minimum absolute atomic E-state index is 0.0517. The number of aryl methyl sites for hydroxylation is 1. The summed E-state index contributed by atoms with van der Waals surface area (Å²) in [4.78, 5) is 12.0. The molecule has 130 valence electrons. The zero-order valence-corrected chi connectivity index (χ0v) is 13.8. The number of nitrogens with two attached hydrogens (primary N) is 1. The molecular formula is C16H23F3N2O2. The number of nitrogens with one attached hydrogen (secondary N) is 1. The number of benzene rings is 1. The summed E-state index contributed by atoms with van der Waals surface area (Å²) in [5.74, 6) is -0.258. The number of rotatable bonds is 5. The molecule has 1 aromatic rings. The van der Waals surface area contributed by atoms with Crippen molar-refractivity contribution in [3.8, 4) is 5.75 Å². The largest absolute Gasteiger partial charge is 0.484 e. The molecule has 0 aliphatic heterocycles. The SMILES string of the molecule is Cc1ccc(CNC(=O)[C@@H](N)C(C)(C)C)c(OCC(F)(F)F)c1. The van der Waals surface area contributed by atoms with Crippen molar-refractivity contribution >= 4 is 5.91 Å².